The molecule has 0 atom stereocenters. The lowest BCUT2D eigenvalue weighted by Gasteiger charge is -2.20. The van der Waals surface area contributed by atoms with Gasteiger partial charge in [0, 0.05) is 22.6 Å². The fraction of sp³-hybridized carbons (Fsp3) is 0.846. The van der Waals surface area contributed by atoms with Gasteiger partial charge in [0.25, 0.3) is 14.2 Å². The molecule has 0 aromatic carbocycles. The third-order valence-electron chi connectivity index (χ3n) is 4.29. The molecule has 1 heterocycles. The van der Waals surface area contributed by atoms with Crippen molar-refractivity contribution in [2.24, 2.45) is 0 Å². The van der Waals surface area contributed by atoms with Crippen LogP contribution in [0.4, 0.5) is 0 Å². The molecule has 2 saturated carbocycles. The molecule has 0 radical (unpaired) electrons. The number of nitrogens with zero attached hydrogens (tertiary/aromatic N) is 3. The van der Waals surface area contributed by atoms with Crippen molar-refractivity contribution in [3.63, 3.8) is 0 Å². The highest BCUT2D eigenvalue weighted by Gasteiger charge is 2.35. The molecule has 0 N–H and O–H groups in total. The van der Waals surface area contributed by atoms with Gasteiger partial charge in [0.1, 0.15) is 5.82 Å². The Morgan fingerprint density at radius 3 is 2.10 bits per heavy atom. The maximum Gasteiger partial charge on any atom is 0.296 e. The molecule has 2 aliphatic carbocycles. The zero-order valence-corrected chi connectivity index (χ0v) is 13.0. The van der Waals surface area contributed by atoms with Crippen molar-refractivity contribution >= 4 is 19.7 Å². The molecule has 3 rings (SSSR count). The highest BCUT2D eigenvalue weighted by atomic mass is 35.7. The minimum Gasteiger partial charge on any atom is -0.297 e. The molecule has 0 saturated heterocycles. The van der Waals surface area contributed by atoms with Crippen molar-refractivity contribution in [1.29, 1.82) is 0 Å². The number of aromatic nitrogens is 3. The molecule has 0 amide bonds. The van der Waals surface area contributed by atoms with E-state index in [1.807, 2.05) is 0 Å². The summed E-state index contributed by atoms with van der Waals surface area (Å²) in [7, 11) is 1.68. The average Bonchev–Trinajstić information content (AvgIpc) is 3.07. The predicted octanol–water partition coefficient (Wildman–Crippen LogP) is 3.37. The summed E-state index contributed by atoms with van der Waals surface area (Å²) < 4.78 is 25.1. The van der Waals surface area contributed by atoms with Crippen molar-refractivity contribution in [2.45, 2.75) is 74.9 Å². The Bertz CT molecular complexity index is 572. The standard InChI is InChI=1S/C13H20ClN3O2S/c14-20(18,19)13-16-15-12(17(13)11-8-9-11)10-6-4-2-1-3-5-7-10/h10-11H,1-9H2. The summed E-state index contributed by atoms with van der Waals surface area (Å²) in [5, 5.41) is 8.00. The number of hydrogen-bond donors (Lipinski definition) is 0. The third-order valence-corrected chi connectivity index (χ3v) is 5.42. The Kier molecular flexibility index (Phi) is 4.04. The van der Waals surface area contributed by atoms with Gasteiger partial charge in [0.15, 0.2) is 0 Å². The van der Waals surface area contributed by atoms with Crippen molar-refractivity contribution < 1.29 is 8.42 Å². The van der Waals surface area contributed by atoms with E-state index in [4.69, 9.17) is 10.7 Å². The fourth-order valence-electron chi connectivity index (χ4n) is 3.12. The molecule has 1 aromatic heterocycles. The number of rotatable bonds is 3. The van der Waals surface area contributed by atoms with Gasteiger partial charge in [-0.3, -0.25) is 4.57 Å². The van der Waals surface area contributed by atoms with E-state index >= 15 is 0 Å². The first-order valence-corrected chi connectivity index (χ1v) is 9.78. The molecule has 0 aliphatic heterocycles. The monoisotopic (exact) mass is 317 g/mol. The second kappa shape index (κ2) is 5.64. The lowest BCUT2D eigenvalue weighted by molar-refractivity contribution is 0.425. The normalized spacial score (nSPS) is 22.4. The van der Waals surface area contributed by atoms with Gasteiger partial charge in [-0.1, -0.05) is 32.1 Å². The minimum atomic E-state index is -3.81. The van der Waals surface area contributed by atoms with Gasteiger partial charge in [0.2, 0.25) is 0 Å². The lowest BCUT2D eigenvalue weighted by Crippen LogP contribution is -2.13. The zero-order chi connectivity index (χ0) is 14.2. The molecule has 2 fully saturated rings. The predicted molar refractivity (Wildman–Crippen MR) is 76.4 cm³/mol. The molecule has 0 bridgehead atoms. The summed E-state index contributed by atoms with van der Waals surface area (Å²) in [6, 6.07) is 0.231. The van der Waals surface area contributed by atoms with Crippen molar-refractivity contribution in [2.75, 3.05) is 0 Å². The first kappa shape index (κ1) is 14.3. The van der Waals surface area contributed by atoms with E-state index in [9.17, 15) is 8.42 Å². The van der Waals surface area contributed by atoms with E-state index in [1.165, 1.54) is 32.1 Å². The molecule has 112 valence electrons. The van der Waals surface area contributed by atoms with Crippen LogP contribution in [0.5, 0.6) is 0 Å². The van der Waals surface area contributed by atoms with Crippen LogP contribution in [0.2, 0.25) is 0 Å². The first-order chi connectivity index (χ1) is 9.57. The van der Waals surface area contributed by atoms with E-state index in [0.29, 0.717) is 5.92 Å². The Morgan fingerprint density at radius 1 is 0.950 bits per heavy atom. The Hall–Kier alpha value is -0.620. The third kappa shape index (κ3) is 3.01. The largest absolute Gasteiger partial charge is 0.297 e. The van der Waals surface area contributed by atoms with E-state index in [-0.39, 0.29) is 11.2 Å². The van der Waals surface area contributed by atoms with Crippen LogP contribution in [0, 0.1) is 0 Å². The molecular weight excluding hydrogens is 298 g/mol. The highest BCUT2D eigenvalue weighted by molar-refractivity contribution is 8.13. The maximum absolute atomic E-state index is 11.6. The van der Waals surface area contributed by atoms with Crippen LogP contribution in [0.25, 0.3) is 0 Å². The Balaban J connectivity index is 1.94. The van der Waals surface area contributed by atoms with Crippen LogP contribution < -0.4 is 0 Å². The first-order valence-electron chi connectivity index (χ1n) is 7.47. The molecule has 2 aliphatic rings. The smallest absolute Gasteiger partial charge is 0.296 e. The molecule has 20 heavy (non-hydrogen) atoms. The lowest BCUT2D eigenvalue weighted by atomic mass is 9.90. The van der Waals surface area contributed by atoms with Gasteiger partial charge in [-0.25, -0.2) is 8.42 Å². The summed E-state index contributed by atoms with van der Waals surface area (Å²) in [6.45, 7) is 0. The number of hydrogen-bond acceptors (Lipinski definition) is 4. The number of halogens is 1. The van der Waals surface area contributed by atoms with Crippen LogP contribution in [-0.2, 0) is 9.05 Å². The second-order valence-electron chi connectivity index (χ2n) is 5.92. The van der Waals surface area contributed by atoms with Crippen molar-refractivity contribution in [1.82, 2.24) is 14.8 Å². The highest BCUT2D eigenvalue weighted by Crippen LogP contribution is 2.41. The maximum atomic E-state index is 11.6. The van der Waals surface area contributed by atoms with Crippen molar-refractivity contribution in [3.05, 3.63) is 5.82 Å². The van der Waals surface area contributed by atoms with Crippen LogP contribution in [0.3, 0.4) is 0 Å². The van der Waals surface area contributed by atoms with Crippen molar-refractivity contribution in [3.8, 4) is 0 Å². The van der Waals surface area contributed by atoms with Crippen LogP contribution in [0.15, 0.2) is 5.16 Å². The van der Waals surface area contributed by atoms with E-state index in [0.717, 1.165) is 31.5 Å². The van der Waals surface area contributed by atoms with Gasteiger partial charge < -0.3 is 0 Å². The molecule has 7 heteroatoms. The van der Waals surface area contributed by atoms with Gasteiger partial charge in [0.05, 0.1) is 0 Å². The molecule has 5 nitrogen and oxygen atoms in total. The second-order valence-corrected chi connectivity index (χ2v) is 8.38. The summed E-state index contributed by atoms with van der Waals surface area (Å²) >= 11 is 0. The molecule has 1 aromatic rings. The van der Waals surface area contributed by atoms with Crippen LogP contribution >= 0.6 is 10.7 Å². The Labute approximate surface area is 124 Å². The topological polar surface area (TPSA) is 64.8 Å². The summed E-state index contributed by atoms with van der Waals surface area (Å²) in [5.41, 5.74) is 0. The minimum absolute atomic E-state index is 0.0567. The van der Waals surface area contributed by atoms with Crippen LogP contribution in [0.1, 0.15) is 75.6 Å². The van der Waals surface area contributed by atoms with Gasteiger partial charge in [-0.05, 0) is 25.7 Å². The fourth-order valence-corrected chi connectivity index (χ4v) is 4.05. The van der Waals surface area contributed by atoms with E-state index in [2.05, 4.69) is 10.2 Å². The summed E-state index contributed by atoms with van der Waals surface area (Å²) in [4.78, 5) is 0. The zero-order valence-electron chi connectivity index (χ0n) is 11.5. The summed E-state index contributed by atoms with van der Waals surface area (Å²) in [5.74, 6) is 1.17. The van der Waals surface area contributed by atoms with Gasteiger partial charge in [-0.2, -0.15) is 0 Å². The van der Waals surface area contributed by atoms with E-state index in [1.54, 1.807) is 4.57 Å². The van der Waals surface area contributed by atoms with E-state index < -0.39 is 9.05 Å². The average molecular weight is 318 g/mol. The molecule has 0 unspecified atom stereocenters. The Morgan fingerprint density at radius 2 is 1.55 bits per heavy atom. The van der Waals surface area contributed by atoms with Gasteiger partial charge >= 0.3 is 0 Å². The van der Waals surface area contributed by atoms with Gasteiger partial charge in [-0.15, -0.1) is 10.2 Å². The SMILES string of the molecule is O=S(=O)(Cl)c1nnc(C2CCCCCCC2)n1C1CC1. The quantitative estimate of drug-likeness (QED) is 0.802. The van der Waals surface area contributed by atoms with Crippen LogP contribution in [-0.4, -0.2) is 23.2 Å². The summed E-state index contributed by atoms with van der Waals surface area (Å²) in [6.07, 6.45) is 10.3. The molecular formula is C13H20ClN3O2S. The molecule has 0 spiro atoms.